The molecule has 7 nitrogen and oxygen atoms in total. The van der Waals surface area contributed by atoms with Gasteiger partial charge in [-0.2, -0.15) is 16.3 Å². The van der Waals surface area contributed by atoms with E-state index < -0.39 is 5.97 Å². The standard InChI is InChI=1S/C19H19N3O4S/c1-12-3-4-13(2)15(9-12)20-16(23)10-25-18(24)6-5-17-21-19(22-26-17)14-7-8-27-11-14/h3-4,7-9,11H,5-6,10H2,1-2H3,(H,20,23). The van der Waals surface area contributed by atoms with Crippen LogP contribution in [0.4, 0.5) is 5.69 Å². The number of aryl methyl sites for hydroxylation is 3. The second-order valence-electron chi connectivity index (χ2n) is 6.05. The van der Waals surface area contributed by atoms with Crippen LogP contribution in [0, 0.1) is 13.8 Å². The van der Waals surface area contributed by atoms with Crippen LogP contribution >= 0.6 is 11.3 Å². The summed E-state index contributed by atoms with van der Waals surface area (Å²) in [5.74, 6) is -0.0310. The molecule has 0 spiro atoms. The molecule has 0 fully saturated rings. The van der Waals surface area contributed by atoms with E-state index in [2.05, 4.69) is 15.5 Å². The summed E-state index contributed by atoms with van der Waals surface area (Å²) in [7, 11) is 0. The fourth-order valence-electron chi connectivity index (χ4n) is 2.35. The summed E-state index contributed by atoms with van der Waals surface area (Å²) in [6.07, 6.45) is 0.316. The van der Waals surface area contributed by atoms with Gasteiger partial charge in [0.05, 0.1) is 6.42 Å². The van der Waals surface area contributed by atoms with Gasteiger partial charge in [-0.25, -0.2) is 0 Å². The largest absolute Gasteiger partial charge is 0.456 e. The molecule has 1 aromatic carbocycles. The summed E-state index contributed by atoms with van der Waals surface area (Å²) in [6.45, 7) is 3.50. The van der Waals surface area contributed by atoms with Crippen LogP contribution in [-0.2, 0) is 20.7 Å². The molecule has 3 rings (SSSR count). The number of carbonyl (C=O) groups is 2. The number of nitrogens with zero attached hydrogens (tertiary/aromatic N) is 2. The van der Waals surface area contributed by atoms with Crippen molar-refractivity contribution >= 4 is 28.9 Å². The number of hydrogen-bond donors (Lipinski definition) is 1. The van der Waals surface area contributed by atoms with Crippen LogP contribution in [0.15, 0.2) is 39.5 Å². The highest BCUT2D eigenvalue weighted by Gasteiger charge is 2.13. The number of nitrogens with one attached hydrogen (secondary N) is 1. The summed E-state index contributed by atoms with van der Waals surface area (Å²) < 4.78 is 10.1. The molecule has 1 N–H and O–H groups in total. The normalized spacial score (nSPS) is 10.6. The van der Waals surface area contributed by atoms with Crippen molar-refractivity contribution in [3.05, 3.63) is 52.0 Å². The number of anilines is 1. The Morgan fingerprint density at radius 3 is 2.89 bits per heavy atom. The smallest absolute Gasteiger partial charge is 0.306 e. The number of ether oxygens (including phenoxy) is 1. The maximum absolute atomic E-state index is 12.0. The zero-order chi connectivity index (χ0) is 19.2. The molecule has 0 saturated carbocycles. The number of carbonyl (C=O) groups excluding carboxylic acids is 2. The Morgan fingerprint density at radius 1 is 1.26 bits per heavy atom. The number of hydrogen-bond acceptors (Lipinski definition) is 7. The van der Waals surface area contributed by atoms with E-state index in [0.717, 1.165) is 16.7 Å². The number of thiophene rings is 1. The molecular weight excluding hydrogens is 366 g/mol. The van der Waals surface area contributed by atoms with Crippen LogP contribution in [0.2, 0.25) is 0 Å². The van der Waals surface area contributed by atoms with E-state index in [1.165, 1.54) is 11.3 Å². The minimum Gasteiger partial charge on any atom is -0.456 e. The minimum atomic E-state index is -0.499. The molecular formula is C19H19N3O4S. The molecule has 0 bridgehead atoms. The van der Waals surface area contributed by atoms with E-state index in [9.17, 15) is 9.59 Å². The van der Waals surface area contributed by atoms with Gasteiger partial charge in [0.2, 0.25) is 11.7 Å². The SMILES string of the molecule is Cc1ccc(C)c(NC(=O)COC(=O)CCc2nc(-c3ccsc3)no2)c1. The van der Waals surface area contributed by atoms with Crippen LogP contribution in [0.5, 0.6) is 0 Å². The minimum absolute atomic E-state index is 0.0576. The predicted molar refractivity (Wildman–Crippen MR) is 101 cm³/mol. The first-order valence-corrected chi connectivity index (χ1v) is 9.33. The van der Waals surface area contributed by atoms with Gasteiger partial charge in [0.15, 0.2) is 6.61 Å². The van der Waals surface area contributed by atoms with E-state index in [0.29, 0.717) is 17.4 Å². The highest BCUT2D eigenvalue weighted by atomic mass is 32.1. The second-order valence-corrected chi connectivity index (χ2v) is 6.83. The fourth-order valence-corrected chi connectivity index (χ4v) is 2.98. The molecule has 27 heavy (non-hydrogen) atoms. The Labute approximate surface area is 160 Å². The van der Waals surface area contributed by atoms with E-state index in [1.54, 1.807) is 0 Å². The van der Waals surface area contributed by atoms with Crippen molar-refractivity contribution in [2.24, 2.45) is 0 Å². The van der Waals surface area contributed by atoms with Crippen molar-refractivity contribution < 1.29 is 18.8 Å². The molecule has 1 amide bonds. The van der Waals surface area contributed by atoms with Gasteiger partial charge in [0, 0.05) is 23.1 Å². The van der Waals surface area contributed by atoms with E-state index in [4.69, 9.17) is 9.26 Å². The lowest BCUT2D eigenvalue weighted by Gasteiger charge is -2.09. The topological polar surface area (TPSA) is 94.3 Å². The number of rotatable bonds is 7. The number of aromatic nitrogens is 2. The molecule has 0 saturated heterocycles. The van der Waals surface area contributed by atoms with E-state index >= 15 is 0 Å². The summed E-state index contributed by atoms with van der Waals surface area (Å²) in [5.41, 5.74) is 3.57. The van der Waals surface area contributed by atoms with Crippen molar-refractivity contribution in [3.63, 3.8) is 0 Å². The number of amides is 1. The van der Waals surface area contributed by atoms with Gasteiger partial charge in [0.25, 0.3) is 5.91 Å². The third-order valence-electron chi connectivity index (χ3n) is 3.82. The molecule has 0 atom stereocenters. The monoisotopic (exact) mass is 385 g/mol. The van der Waals surface area contributed by atoms with Gasteiger partial charge in [0.1, 0.15) is 0 Å². The van der Waals surface area contributed by atoms with Crippen LogP contribution in [0.1, 0.15) is 23.4 Å². The first-order chi connectivity index (χ1) is 13.0. The molecule has 0 aliphatic carbocycles. The van der Waals surface area contributed by atoms with Crippen molar-refractivity contribution in [1.82, 2.24) is 10.1 Å². The zero-order valence-corrected chi connectivity index (χ0v) is 15.8. The van der Waals surface area contributed by atoms with Crippen molar-refractivity contribution in [1.29, 1.82) is 0 Å². The predicted octanol–water partition coefficient (Wildman–Crippen LogP) is 3.53. The molecule has 0 radical (unpaired) electrons. The third kappa shape index (κ3) is 5.24. The molecule has 0 aliphatic heterocycles. The van der Waals surface area contributed by atoms with Crippen LogP contribution in [-0.4, -0.2) is 28.6 Å². The van der Waals surface area contributed by atoms with Crippen molar-refractivity contribution in [2.75, 3.05) is 11.9 Å². The van der Waals surface area contributed by atoms with Gasteiger partial charge >= 0.3 is 5.97 Å². The van der Waals surface area contributed by atoms with Crippen LogP contribution in [0.25, 0.3) is 11.4 Å². The first kappa shape index (κ1) is 18.8. The third-order valence-corrected chi connectivity index (χ3v) is 4.51. The highest BCUT2D eigenvalue weighted by Crippen LogP contribution is 2.19. The van der Waals surface area contributed by atoms with Gasteiger partial charge in [-0.15, -0.1) is 0 Å². The zero-order valence-electron chi connectivity index (χ0n) is 15.0. The van der Waals surface area contributed by atoms with E-state index in [1.807, 2.05) is 48.9 Å². The molecule has 2 heterocycles. The fraction of sp³-hybridized carbons (Fsp3) is 0.263. The summed E-state index contributed by atoms with van der Waals surface area (Å²) >= 11 is 1.54. The van der Waals surface area contributed by atoms with Crippen molar-refractivity contribution in [2.45, 2.75) is 26.7 Å². The maximum Gasteiger partial charge on any atom is 0.306 e. The summed E-state index contributed by atoms with van der Waals surface area (Å²) in [6, 6.07) is 7.65. The van der Waals surface area contributed by atoms with Crippen molar-refractivity contribution in [3.8, 4) is 11.4 Å². The first-order valence-electron chi connectivity index (χ1n) is 8.39. The Bertz CT molecular complexity index is 934. The Kier molecular flexibility index (Phi) is 5.97. The van der Waals surface area contributed by atoms with Crippen LogP contribution in [0.3, 0.4) is 0 Å². The number of esters is 1. The molecule has 3 aromatic rings. The lowest BCUT2D eigenvalue weighted by molar-refractivity contribution is -0.147. The quantitative estimate of drug-likeness (QED) is 0.625. The van der Waals surface area contributed by atoms with E-state index in [-0.39, 0.29) is 25.4 Å². The van der Waals surface area contributed by atoms with Gasteiger partial charge in [-0.1, -0.05) is 17.3 Å². The maximum atomic E-state index is 12.0. The second kappa shape index (κ2) is 8.59. The lowest BCUT2D eigenvalue weighted by atomic mass is 10.1. The Morgan fingerprint density at radius 2 is 2.11 bits per heavy atom. The molecule has 8 heteroatoms. The Balaban J connectivity index is 1.43. The summed E-state index contributed by atoms with van der Waals surface area (Å²) in [4.78, 5) is 28.0. The summed E-state index contributed by atoms with van der Waals surface area (Å²) in [5, 5.41) is 10.5. The van der Waals surface area contributed by atoms with Crippen LogP contribution < -0.4 is 5.32 Å². The lowest BCUT2D eigenvalue weighted by Crippen LogP contribution is -2.21. The van der Waals surface area contributed by atoms with Gasteiger partial charge in [-0.05, 0) is 42.5 Å². The molecule has 0 aliphatic rings. The van der Waals surface area contributed by atoms with Gasteiger partial charge in [-0.3, -0.25) is 9.59 Å². The Hall–Kier alpha value is -3.00. The molecule has 0 unspecified atom stereocenters. The highest BCUT2D eigenvalue weighted by molar-refractivity contribution is 7.08. The van der Waals surface area contributed by atoms with Gasteiger partial charge < -0.3 is 14.6 Å². The average Bonchev–Trinajstić information content (AvgIpc) is 3.32. The molecule has 2 aromatic heterocycles. The number of benzene rings is 1. The average molecular weight is 385 g/mol. The molecule has 140 valence electrons.